The van der Waals surface area contributed by atoms with E-state index in [0.717, 1.165) is 22.8 Å². The summed E-state index contributed by atoms with van der Waals surface area (Å²) in [5, 5.41) is 0. The van der Waals surface area contributed by atoms with Crippen molar-refractivity contribution in [1.82, 2.24) is 0 Å². The van der Waals surface area contributed by atoms with Gasteiger partial charge in [0.25, 0.3) is 0 Å². The summed E-state index contributed by atoms with van der Waals surface area (Å²) in [6.07, 6.45) is 0. The van der Waals surface area contributed by atoms with Crippen LogP contribution < -0.4 is 5.73 Å². The van der Waals surface area contributed by atoms with Crippen LogP contribution in [0.25, 0.3) is 11.1 Å². The first kappa shape index (κ1) is 11.7. The summed E-state index contributed by atoms with van der Waals surface area (Å²) < 4.78 is 26.5. The van der Waals surface area contributed by atoms with Crippen LogP contribution in [0.5, 0.6) is 0 Å². The molecule has 88 valence electrons. The Labute approximate surface area is 98.9 Å². The molecular weight excluding hydrogens is 220 g/mol. The van der Waals surface area contributed by atoms with Crippen LogP contribution in [0.15, 0.2) is 36.4 Å². The monoisotopic (exact) mass is 233 g/mol. The third kappa shape index (κ3) is 2.34. The highest BCUT2D eigenvalue weighted by Gasteiger charge is 2.08. The average Bonchev–Trinajstić information content (AvgIpc) is 2.30. The molecule has 17 heavy (non-hydrogen) atoms. The summed E-state index contributed by atoms with van der Waals surface area (Å²) in [5.74, 6) is -1.11. The van der Waals surface area contributed by atoms with Gasteiger partial charge in [0, 0.05) is 18.2 Å². The Hall–Kier alpha value is -1.74. The summed E-state index contributed by atoms with van der Waals surface area (Å²) in [5.41, 5.74) is 8.63. The molecule has 0 bridgehead atoms. The largest absolute Gasteiger partial charge is 0.326 e. The fourth-order valence-corrected chi connectivity index (χ4v) is 1.86. The zero-order chi connectivity index (χ0) is 12.4. The third-order valence-corrected chi connectivity index (χ3v) is 2.75. The van der Waals surface area contributed by atoms with E-state index in [-0.39, 0.29) is 0 Å². The first-order chi connectivity index (χ1) is 8.11. The average molecular weight is 233 g/mol. The molecule has 0 saturated carbocycles. The molecule has 1 nitrogen and oxygen atoms in total. The predicted molar refractivity (Wildman–Crippen MR) is 64.4 cm³/mol. The van der Waals surface area contributed by atoms with Gasteiger partial charge in [-0.2, -0.15) is 0 Å². The molecule has 0 aliphatic rings. The van der Waals surface area contributed by atoms with E-state index >= 15 is 0 Å². The van der Waals surface area contributed by atoms with Crippen LogP contribution in [-0.2, 0) is 6.54 Å². The lowest BCUT2D eigenvalue weighted by molar-refractivity contribution is 0.585. The van der Waals surface area contributed by atoms with E-state index < -0.39 is 11.6 Å². The number of aryl methyl sites for hydroxylation is 1. The van der Waals surface area contributed by atoms with Crippen molar-refractivity contribution in [2.75, 3.05) is 0 Å². The van der Waals surface area contributed by atoms with Crippen molar-refractivity contribution in [1.29, 1.82) is 0 Å². The van der Waals surface area contributed by atoms with Crippen molar-refractivity contribution in [2.45, 2.75) is 13.5 Å². The van der Waals surface area contributed by atoms with E-state index in [0.29, 0.717) is 12.1 Å². The Morgan fingerprint density at radius 2 is 1.71 bits per heavy atom. The van der Waals surface area contributed by atoms with Crippen molar-refractivity contribution in [2.24, 2.45) is 5.73 Å². The van der Waals surface area contributed by atoms with Crippen molar-refractivity contribution in [3.05, 3.63) is 59.2 Å². The Balaban J connectivity index is 2.53. The maximum absolute atomic E-state index is 13.6. The van der Waals surface area contributed by atoms with E-state index in [1.54, 1.807) is 0 Å². The summed E-state index contributed by atoms with van der Waals surface area (Å²) in [4.78, 5) is 0. The standard InChI is InChI=1S/C14H13F2N/c1-9-6-10(8-17)2-4-12(9)13-5-3-11(15)7-14(13)16/h2-7H,8,17H2,1H3. The molecular formula is C14H13F2N. The van der Waals surface area contributed by atoms with E-state index in [1.807, 2.05) is 25.1 Å². The zero-order valence-electron chi connectivity index (χ0n) is 9.50. The van der Waals surface area contributed by atoms with Crippen molar-refractivity contribution in [3.63, 3.8) is 0 Å². The Bertz CT molecular complexity index is 550. The molecule has 0 saturated heterocycles. The van der Waals surface area contributed by atoms with Gasteiger partial charge in [-0.05, 0) is 35.7 Å². The highest BCUT2D eigenvalue weighted by molar-refractivity contribution is 5.68. The maximum Gasteiger partial charge on any atom is 0.133 e. The van der Waals surface area contributed by atoms with Gasteiger partial charge in [-0.3, -0.25) is 0 Å². The second-order valence-electron chi connectivity index (χ2n) is 3.98. The van der Waals surface area contributed by atoms with Crippen LogP contribution in [-0.4, -0.2) is 0 Å². The first-order valence-electron chi connectivity index (χ1n) is 5.37. The molecule has 0 radical (unpaired) electrons. The lowest BCUT2D eigenvalue weighted by atomic mass is 9.98. The van der Waals surface area contributed by atoms with Gasteiger partial charge in [0.15, 0.2) is 0 Å². The fraction of sp³-hybridized carbons (Fsp3) is 0.143. The summed E-state index contributed by atoms with van der Waals surface area (Å²) >= 11 is 0. The smallest absolute Gasteiger partial charge is 0.133 e. The van der Waals surface area contributed by atoms with Gasteiger partial charge in [0.2, 0.25) is 0 Å². The van der Waals surface area contributed by atoms with E-state index in [4.69, 9.17) is 5.73 Å². The van der Waals surface area contributed by atoms with Gasteiger partial charge in [-0.15, -0.1) is 0 Å². The SMILES string of the molecule is Cc1cc(CN)ccc1-c1ccc(F)cc1F. The Kier molecular flexibility index (Phi) is 3.20. The molecule has 2 aromatic carbocycles. The maximum atomic E-state index is 13.6. The van der Waals surface area contributed by atoms with Gasteiger partial charge in [0.05, 0.1) is 0 Å². The minimum atomic E-state index is -0.567. The fourth-order valence-electron chi connectivity index (χ4n) is 1.86. The van der Waals surface area contributed by atoms with E-state index in [2.05, 4.69) is 0 Å². The zero-order valence-corrected chi connectivity index (χ0v) is 9.50. The summed E-state index contributed by atoms with van der Waals surface area (Å²) in [6.45, 7) is 2.34. The number of benzene rings is 2. The molecule has 0 fully saturated rings. The van der Waals surface area contributed by atoms with Gasteiger partial charge in [0.1, 0.15) is 11.6 Å². The Morgan fingerprint density at radius 3 is 2.29 bits per heavy atom. The molecule has 0 heterocycles. The normalized spacial score (nSPS) is 10.6. The topological polar surface area (TPSA) is 26.0 Å². The number of hydrogen-bond acceptors (Lipinski definition) is 1. The minimum Gasteiger partial charge on any atom is -0.326 e. The molecule has 0 amide bonds. The van der Waals surface area contributed by atoms with Gasteiger partial charge in [-0.1, -0.05) is 18.2 Å². The molecule has 0 aliphatic heterocycles. The van der Waals surface area contributed by atoms with Gasteiger partial charge in [-0.25, -0.2) is 8.78 Å². The minimum absolute atomic E-state index is 0.410. The van der Waals surface area contributed by atoms with Crippen LogP contribution in [0.4, 0.5) is 8.78 Å². The highest BCUT2D eigenvalue weighted by atomic mass is 19.1. The quantitative estimate of drug-likeness (QED) is 0.845. The van der Waals surface area contributed by atoms with E-state index in [9.17, 15) is 8.78 Å². The van der Waals surface area contributed by atoms with Crippen LogP contribution in [0.1, 0.15) is 11.1 Å². The van der Waals surface area contributed by atoms with Crippen molar-refractivity contribution >= 4 is 0 Å². The lowest BCUT2D eigenvalue weighted by Gasteiger charge is -2.09. The first-order valence-corrected chi connectivity index (χ1v) is 5.37. The molecule has 2 aromatic rings. The summed E-state index contributed by atoms with van der Waals surface area (Å²) in [7, 11) is 0. The molecule has 0 spiro atoms. The molecule has 0 aliphatic carbocycles. The van der Waals surface area contributed by atoms with Gasteiger partial charge < -0.3 is 5.73 Å². The summed E-state index contributed by atoms with van der Waals surface area (Å²) in [6, 6.07) is 9.19. The number of nitrogens with two attached hydrogens (primary N) is 1. The predicted octanol–water partition coefficient (Wildman–Crippen LogP) is 3.40. The Morgan fingerprint density at radius 1 is 1.00 bits per heavy atom. The second kappa shape index (κ2) is 4.63. The molecule has 3 heteroatoms. The molecule has 0 unspecified atom stereocenters. The van der Waals surface area contributed by atoms with Crippen LogP contribution >= 0.6 is 0 Å². The van der Waals surface area contributed by atoms with Crippen LogP contribution in [0.3, 0.4) is 0 Å². The van der Waals surface area contributed by atoms with Crippen molar-refractivity contribution < 1.29 is 8.78 Å². The lowest BCUT2D eigenvalue weighted by Crippen LogP contribution is -1.97. The molecule has 0 atom stereocenters. The number of hydrogen-bond donors (Lipinski definition) is 1. The van der Waals surface area contributed by atoms with Crippen LogP contribution in [0.2, 0.25) is 0 Å². The number of halogens is 2. The second-order valence-corrected chi connectivity index (χ2v) is 3.98. The third-order valence-electron chi connectivity index (χ3n) is 2.75. The van der Waals surface area contributed by atoms with E-state index in [1.165, 1.54) is 12.1 Å². The van der Waals surface area contributed by atoms with Gasteiger partial charge >= 0.3 is 0 Å². The number of rotatable bonds is 2. The molecule has 0 aromatic heterocycles. The molecule has 2 N–H and O–H groups in total. The van der Waals surface area contributed by atoms with Crippen LogP contribution in [0, 0.1) is 18.6 Å². The highest BCUT2D eigenvalue weighted by Crippen LogP contribution is 2.27. The molecule has 2 rings (SSSR count). The van der Waals surface area contributed by atoms with Crippen molar-refractivity contribution in [3.8, 4) is 11.1 Å².